The molecule has 10 heavy (non-hydrogen) atoms. The van der Waals surface area contributed by atoms with Crippen molar-refractivity contribution in [3.8, 4) is 6.07 Å². The topological polar surface area (TPSA) is 44.0 Å². The van der Waals surface area contributed by atoms with Gasteiger partial charge in [0.25, 0.3) is 0 Å². The second-order valence-corrected chi connectivity index (χ2v) is 3.30. The predicted molar refractivity (Wildman–Crippen MR) is 38.2 cm³/mol. The van der Waals surface area contributed by atoms with Gasteiger partial charge in [-0.2, -0.15) is 5.26 Å². The van der Waals surface area contributed by atoms with Crippen LogP contribution in [0.1, 0.15) is 32.6 Å². The van der Waals surface area contributed by atoms with E-state index in [0.29, 0.717) is 6.42 Å². The Bertz CT molecular complexity index is 153. The first-order valence-corrected chi connectivity index (χ1v) is 3.78. The normalized spacial score (nSPS) is 24.5. The maximum Gasteiger partial charge on any atom is 0.0690 e. The number of aliphatic hydroxyl groups excluding tert-OH is 1. The van der Waals surface area contributed by atoms with Gasteiger partial charge >= 0.3 is 0 Å². The largest absolute Gasteiger partial charge is 0.393 e. The van der Waals surface area contributed by atoms with E-state index < -0.39 is 0 Å². The average molecular weight is 139 g/mol. The summed E-state index contributed by atoms with van der Waals surface area (Å²) in [5, 5.41) is 17.8. The summed E-state index contributed by atoms with van der Waals surface area (Å²) in [4.78, 5) is 0. The lowest BCUT2D eigenvalue weighted by molar-refractivity contribution is 0.0924. The van der Waals surface area contributed by atoms with Crippen LogP contribution in [-0.4, -0.2) is 11.2 Å². The molecule has 0 bridgehead atoms. The van der Waals surface area contributed by atoms with Crippen molar-refractivity contribution in [2.45, 2.75) is 38.7 Å². The van der Waals surface area contributed by atoms with Crippen molar-refractivity contribution in [3.63, 3.8) is 0 Å². The van der Waals surface area contributed by atoms with Gasteiger partial charge in [-0.1, -0.05) is 6.42 Å². The Morgan fingerprint density at radius 3 is 2.40 bits per heavy atom. The smallest absolute Gasteiger partial charge is 0.0690 e. The number of nitrogens with zero attached hydrogens (tertiary/aromatic N) is 1. The second-order valence-electron chi connectivity index (χ2n) is 3.30. The van der Waals surface area contributed by atoms with Crippen molar-refractivity contribution < 1.29 is 5.11 Å². The molecule has 0 heterocycles. The van der Waals surface area contributed by atoms with Crippen LogP contribution in [0.2, 0.25) is 0 Å². The van der Waals surface area contributed by atoms with Crippen molar-refractivity contribution in [1.29, 1.82) is 5.26 Å². The van der Waals surface area contributed by atoms with Gasteiger partial charge in [-0.25, -0.2) is 0 Å². The average Bonchev–Trinajstić information content (AvgIpc) is 1.78. The maximum atomic E-state index is 9.03. The van der Waals surface area contributed by atoms with E-state index in [-0.39, 0.29) is 11.5 Å². The van der Waals surface area contributed by atoms with Gasteiger partial charge in [-0.15, -0.1) is 0 Å². The summed E-state index contributed by atoms with van der Waals surface area (Å²) in [7, 11) is 0. The summed E-state index contributed by atoms with van der Waals surface area (Å²) >= 11 is 0. The molecule has 0 aromatic rings. The molecule has 1 fully saturated rings. The van der Waals surface area contributed by atoms with Crippen LogP contribution in [0, 0.1) is 16.7 Å². The molecule has 2 nitrogen and oxygen atoms in total. The fourth-order valence-corrected chi connectivity index (χ4v) is 1.53. The Morgan fingerprint density at radius 2 is 2.30 bits per heavy atom. The van der Waals surface area contributed by atoms with E-state index in [2.05, 4.69) is 6.07 Å². The van der Waals surface area contributed by atoms with Gasteiger partial charge in [0, 0.05) is 0 Å². The van der Waals surface area contributed by atoms with Crippen LogP contribution in [0.15, 0.2) is 0 Å². The molecular weight excluding hydrogens is 126 g/mol. The van der Waals surface area contributed by atoms with E-state index in [1.54, 1.807) is 6.92 Å². The molecule has 1 aliphatic carbocycles. The van der Waals surface area contributed by atoms with E-state index in [1.165, 1.54) is 0 Å². The maximum absolute atomic E-state index is 9.03. The zero-order valence-electron chi connectivity index (χ0n) is 6.30. The van der Waals surface area contributed by atoms with Crippen LogP contribution in [-0.2, 0) is 0 Å². The van der Waals surface area contributed by atoms with Crippen LogP contribution >= 0.6 is 0 Å². The third-order valence-electron chi connectivity index (χ3n) is 2.23. The van der Waals surface area contributed by atoms with E-state index in [9.17, 15) is 0 Å². The third-order valence-corrected chi connectivity index (χ3v) is 2.23. The van der Waals surface area contributed by atoms with Gasteiger partial charge < -0.3 is 5.11 Å². The van der Waals surface area contributed by atoms with Crippen LogP contribution in [0.3, 0.4) is 0 Å². The lowest BCUT2D eigenvalue weighted by Crippen LogP contribution is -2.30. The molecule has 0 amide bonds. The summed E-state index contributed by atoms with van der Waals surface area (Å²) in [6, 6.07) is 2.29. The highest BCUT2D eigenvalue weighted by molar-refractivity contribution is 5.04. The SMILES string of the molecule is CC(O)CC1(C#N)CCC1. The first-order valence-electron chi connectivity index (χ1n) is 3.78. The van der Waals surface area contributed by atoms with Gasteiger partial charge in [-0.3, -0.25) is 0 Å². The lowest BCUT2D eigenvalue weighted by Gasteiger charge is -2.35. The fourth-order valence-electron chi connectivity index (χ4n) is 1.53. The first kappa shape index (κ1) is 7.56. The molecule has 0 radical (unpaired) electrons. The van der Waals surface area contributed by atoms with Crippen LogP contribution in [0.25, 0.3) is 0 Å². The molecule has 2 heteroatoms. The molecule has 0 aromatic heterocycles. The van der Waals surface area contributed by atoms with Crippen LogP contribution in [0.4, 0.5) is 0 Å². The summed E-state index contributed by atoms with van der Waals surface area (Å²) in [5.41, 5.74) is -0.159. The molecule has 56 valence electrons. The highest BCUT2D eigenvalue weighted by atomic mass is 16.3. The standard InChI is InChI=1S/C8H13NO/c1-7(10)5-8(6-9)3-2-4-8/h7,10H,2-5H2,1H3. The summed E-state index contributed by atoms with van der Waals surface area (Å²) in [5.74, 6) is 0. The molecule has 0 aliphatic heterocycles. The summed E-state index contributed by atoms with van der Waals surface area (Å²) in [6.07, 6.45) is 3.45. The molecule has 0 saturated heterocycles. The van der Waals surface area contributed by atoms with E-state index in [0.717, 1.165) is 19.3 Å². The molecule has 1 unspecified atom stereocenters. The monoisotopic (exact) mass is 139 g/mol. The van der Waals surface area contributed by atoms with Crippen LogP contribution < -0.4 is 0 Å². The fraction of sp³-hybridized carbons (Fsp3) is 0.875. The minimum absolute atomic E-state index is 0.159. The highest BCUT2D eigenvalue weighted by Gasteiger charge is 2.37. The third kappa shape index (κ3) is 1.30. The molecule has 0 aromatic carbocycles. The minimum Gasteiger partial charge on any atom is -0.393 e. The number of nitriles is 1. The Hall–Kier alpha value is -0.550. The number of aliphatic hydroxyl groups is 1. The van der Waals surface area contributed by atoms with Gasteiger partial charge in [0.05, 0.1) is 17.6 Å². The Morgan fingerprint density at radius 1 is 1.70 bits per heavy atom. The Labute approximate surface area is 61.5 Å². The zero-order chi connectivity index (χ0) is 7.61. The highest BCUT2D eigenvalue weighted by Crippen LogP contribution is 2.43. The van der Waals surface area contributed by atoms with Crippen LogP contribution in [0.5, 0.6) is 0 Å². The molecule has 1 saturated carbocycles. The molecule has 1 rings (SSSR count). The zero-order valence-corrected chi connectivity index (χ0v) is 6.30. The number of hydrogen-bond donors (Lipinski definition) is 1. The van der Waals surface area contributed by atoms with Gasteiger partial charge in [0.2, 0.25) is 0 Å². The van der Waals surface area contributed by atoms with E-state index >= 15 is 0 Å². The van der Waals surface area contributed by atoms with Crippen molar-refractivity contribution >= 4 is 0 Å². The van der Waals surface area contributed by atoms with Crippen molar-refractivity contribution in [2.75, 3.05) is 0 Å². The lowest BCUT2D eigenvalue weighted by atomic mass is 9.67. The quantitative estimate of drug-likeness (QED) is 0.629. The minimum atomic E-state index is -0.319. The van der Waals surface area contributed by atoms with Gasteiger partial charge in [0.1, 0.15) is 0 Å². The predicted octanol–water partition coefficient (Wildman–Crippen LogP) is 1.45. The molecule has 1 atom stereocenters. The van der Waals surface area contributed by atoms with Gasteiger partial charge in [0.15, 0.2) is 0 Å². The molecule has 0 spiro atoms. The van der Waals surface area contributed by atoms with E-state index in [4.69, 9.17) is 10.4 Å². The first-order chi connectivity index (χ1) is 4.68. The summed E-state index contributed by atoms with van der Waals surface area (Å²) < 4.78 is 0. The van der Waals surface area contributed by atoms with Gasteiger partial charge in [-0.05, 0) is 26.2 Å². The van der Waals surface area contributed by atoms with Crippen molar-refractivity contribution in [1.82, 2.24) is 0 Å². The van der Waals surface area contributed by atoms with E-state index in [1.807, 2.05) is 0 Å². The Kier molecular flexibility index (Phi) is 1.96. The second kappa shape index (κ2) is 2.59. The van der Waals surface area contributed by atoms with Crippen molar-refractivity contribution in [2.24, 2.45) is 5.41 Å². The number of hydrogen-bond acceptors (Lipinski definition) is 2. The Balaban J connectivity index is 2.43. The van der Waals surface area contributed by atoms with Crippen molar-refractivity contribution in [3.05, 3.63) is 0 Å². The summed E-state index contributed by atoms with van der Waals surface area (Å²) in [6.45, 7) is 1.75. The number of rotatable bonds is 2. The molecule has 1 aliphatic rings. The molecule has 1 N–H and O–H groups in total. The molecular formula is C8H13NO.